The molecule has 1 fully saturated rings. The highest BCUT2D eigenvalue weighted by atomic mass is 32.1. The zero-order valence-corrected chi connectivity index (χ0v) is 12.9. The Morgan fingerprint density at radius 1 is 1.30 bits per heavy atom. The molecule has 1 aromatic rings. The molecule has 0 atom stereocenters. The van der Waals surface area contributed by atoms with Crippen molar-refractivity contribution in [1.82, 2.24) is 9.80 Å². The van der Waals surface area contributed by atoms with Gasteiger partial charge in [0.15, 0.2) is 10.9 Å². The molecule has 0 bridgehead atoms. The van der Waals surface area contributed by atoms with Gasteiger partial charge in [0.05, 0.1) is 0 Å². The zero-order chi connectivity index (χ0) is 14.5. The predicted octanol–water partition coefficient (Wildman–Crippen LogP) is 2.22. The number of benzene rings is 1. The van der Waals surface area contributed by atoms with Crippen LogP contribution >= 0.6 is 12.2 Å². The van der Waals surface area contributed by atoms with Crippen LogP contribution in [0, 0.1) is 0 Å². The van der Waals surface area contributed by atoms with Gasteiger partial charge in [-0.05, 0) is 37.8 Å². The fourth-order valence-electron chi connectivity index (χ4n) is 2.29. The van der Waals surface area contributed by atoms with E-state index in [1.165, 1.54) is 0 Å². The van der Waals surface area contributed by atoms with Gasteiger partial charge in [-0.3, -0.25) is 4.79 Å². The van der Waals surface area contributed by atoms with E-state index in [1.54, 1.807) is 6.92 Å². The first-order valence-corrected chi connectivity index (χ1v) is 7.40. The number of Topliss-reactive ketones (excluding diaryl/α,β-unsaturated/α-hetero) is 1. The lowest BCUT2D eigenvalue weighted by atomic mass is 10.1. The third kappa shape index (κ3) is 3.77. The van der Waals surface area contributed by atoms with Gasteiger partial charge >= 0.3 is 0 Å². The molecule has 1 aliphatic heterocycles. The Morgan fingerprint density at radius 2 is 2.00 bits per heavy atom. The summed E-state index contributed by atoms with van der Waals surface area (Å²) in [5.74, 6) is 0.0659. The molecule has 4 nitrogen and oxygen atoms in total. The number of hydrogen-bond acceptors (Lipinski definition) is 3. The van der Waals surface area contributed by atoms with Crippen molar-refractivity contribution in [2.24, 2.45) is 0 Å². The average Bonchev–Trinajstić information content (AvgIpc) is 2.47. The summed E-state index contributed by atoms with van der Waals surface area (Å²) in [4.78, 5) is 16.0. The third-order valence-electron chi connectivity index (χ3n) is 3.63. The third-order valence-corrected chi connectivity index (χ3v) is 3.99. The van der Waals surface area contributed by atoms with Gasteiger partial charge in [-0.15, -0.1) is 0 Å². The van der Waals surface area contributed by atoms with E-state index in [-0.39, 0.29) is 5.78 Å². The van der Waals surface area contributed by atoms with Gasteiger partial charge in [-0.2, -0.15) is 0 Å². The van der Waals surface area contributed by atoms with Gasteiger partial charge in [-0.1, -0.05) is 19.1 Å². The van der Waals surface area contributed by atoms with E-state index in [4.69, 9.17) is 12.2 Å². The van der Waals surface area contributed by atoms with Crippen LogP contribution in [-0.4, -0.2) is 53.4 Å². The van der Waals surface area contributed by atoms with Crippen LogP contribution in [0.15, 0.2) is 24.3 Å². The zero-order valence-electron chi connectivity index (χ0n) is 12.1. The fourth-order valence-corrected chi connectivity index (χ4v) is 2.59. The number of nitrogens with zero attached hydrogens (tertiary/aromatic N) is 2. The smallest absolute Gasteiger partial charge is 0.173 e. The number of rotatable bonds is 3. The van der Waals surface area contributed by atoms with E-state index >= 15 is 0 Å². The molecular formula is C15H21N3OS. The second kappa shape index (κ2) is 6.81. The van der Waals surface area contributed by atoms with Crippen molar-refractivity contribution in [2.75, 3.05) is 38.0 Å². The van der Waals surface area contributed by atoms with Crippen molar-refractivity contribution in [3.05, 3.63) is 29.8 Å². The number of piperazine rings is 1. The molecule has 1 aromatic carbocycles. The summed E-state index contributed by atoms with van der Waals surface area (Å²) < 4.78 is 0. The maximum atomic E-state index is 11.4. The molecular weight excluding hydrogens is 270 g/mol. The first-order valence-electron chi connectivity index (χ1n) is 6.99. The largest absolute Gasteiger partial charge is 0.346 e. The van der Waals surface area contributed by atoms with Crippen molar-refractivity contribution >= 4 is 28.8 Å². The Labute approximate surface area is 125 Å². The molecule has 20 heavy (non-hydrogen) atoms. The van der Waals surface area contributed by atoms with Crippen molar-refractivity contribution in [2.45, 2.75) is 13.8 Å². The lowest BCUT2D eigenvalue weighted by Crippen LogP contribution is -2.49. The molecule has 0 saturated carbocycles. The Bertz CT molecular complexity index is 496. The molecule has 0 aromatic heterocycles. The van der Waals surface area contributed by atoms with E-state index in [9.17, 15) is 4.79 Å². The Kier molecular flexibility index (Phi) is 5.09. The second-order valence-electron chi connectivity index (χ2n) is 4.99. The molecule has 0 amide bonds. The number of ketones is 1. The lowest BCUT2D eigenvalue weighted by molar-refractivity contribution is 0.101. The van der Waals surface area contributed by atoms with E-state index in [2.05, 4.69) is 22.0 Å². The molecule has 1 N–H and O–H groups in total. The van der Waals surface area contributed by atoms with Gasteiger partial charge in [0, 0.05) is 37.4 Å². The summed E-state index contributed by atoms with van der Waals surface area (Å²) in [6.45, 7) is 8.84. The van der Waals surface area contributed by atoms with Crippen LogP contribution < -0.4 is 5.32 Å². The molecule has 0 radical (unpaired) electrons. The van der Waals surface area contributed by atoms with Crippen LogP contribution in [0.25, 0.3) is 0 Å². The second-order valence-corrected chi connectivity index (χ2v) is 5.38. The van der Waals surface area contributed by atoms with Crippen LogP contribution in [0.2, 0.25) is 0 Å². The topological polar surface area (TPSA) is 35.6 Å². The van der Waals surface area contributed by atoms with Gasteiger partial charge in [-0.25, -0.2) is 0 Å². The molecule has 1 heterocycles. The van der Waals surface area contributed by atoms with Crippen LogP contribution in [0.1, 0.15) is 24.2 Å². The predicted molar refractivity (Wildman–Crippen MR) is 86.4 cm³/mol. The van der Waals surface area contributed by atoms with Crippen LogP contribution in [0.3, 0.4) is 0 Å². The lowest BCUT2D eigenvalue weighted by Gasteiger charge is -2.35. The molecule has 0 spiro atoms. The monoisotopic (exact) mass is 291 g/mol. The summed E-state index contributed by atoms with van der Waals surface area (Å²) >= 11 is 5.45. The van der Waals surface area contributed by atoms with Crippen LogP contribution in [-0.2, 0) is 0 Å². The molecule has 0 aliphatic carbocycles. The summed E-state index contributed by atoms with van der Waals surface area (Å²) in [5.41, 5.74) is 1.58. The van der Waals surface area contributed by atoms with Gasteiger partial charge in [0.2, 0.25) is 0 Å². The van der Waals surface area contributed by atoms with Crippen molar-refractivity contribution in [3.8, 4) is 0 Å². The quantitative estimate of drug-likeness (QED) is 0.682. The van der Waals surface area contributed by atoms with Crippen molar-refractivity contribution < 1.29 is 4.79 Å². The number of thiocarbonyl (C=S) groups is 1. The number of anilines is 1. The van der Waals surface area contributed by atoms with Gasteiger partial charge in [0.25, 0.3) is 0 Å². The molecule has 2 rings (SSSR count). The normalized spacial score (nSPS) is 16.0. The van der Waals surface area contributed by atoms with E-state index < -0.39 is 0 Å². The SMILES string of the molecule is CCN1CCN(C(=S)Nc2cccc(C(C)=O)c2)CC1. The molecule has 1 saturated heterocycles. The number of likely N-dealkylation sites (N-methyl/N-ethyl adjacent to an activating group) is 1. The first-order chi connectivity index (χ1) is 9.60. The molecule has 5 heteroatoms. The Hall–Kier alpha value is -1.46. The van der Waals surface area contributed by atoms with Crippen LogP contribution in [0.4, 0.5) is 5.69 Å². The first kappa shape index (κ1) is 14.9. The Balaban J connectivity index is 1.95. The summed E-state index contributed by atoms with van der Waals surface area (Å²) in [5, 5.41) is 3.96. The number of nitrogens with one attached hydrogen (secondary N) is 1. The highest BCUT2D eigenvalue weighted by molar-refractivity contribution is 7.80. The number of hydrogen-bond donors (Lipinski definition) is 1. The highest BCUT2D eigenvalue weighted by Crippen LogP contribution is 2.13. The maximum absolute atomic E-state index is 11.4. The molecule has 1 aliphatic rings. The van der Waals surface area contributed by atoms with Gasteiger partial charge < -0.3 is 15.1 Å². The maximum Gasteiger partial charge on any atom is 0.173 e. The standard InChI is InChI=1S/C15H21N3OS/c1-3-17-7-9-18(10-8-17)15(20)16-14-6-4-5-13(11-14)12(2)19/h4-6,11H,3,7-10H2,1-2H3,(H,16,20). The highest BCUT2D eigenvalue weighted by Gasteiger charge is 2.17. The van der Waals surface area contributed by atoms with E-state index in [0.717, 1.165) is 43.5 Å². The summed E-state index contributed by atoms with van der Waals surface area (Å²) in [7, 11) is 0. The minimum absolute atomic E-state index is 0.0659. The van der Waals surface area contributed by atoms with Crippen molar-refractivity contribution in [1.29, 1.82) is 0 Å². The van der Waals surface area contributed by atoms with E-state index in [1.807, 2.05) is 24.3 Å². The summed E-state index contributed by atoms with van der Waals surface area (Å²) in [6, 6.07) is 7.46. The molecule has 0 unspecified atom stereocenters. The minimum Gasteiger partial charge on any atom is -0.346 e. The average molecular weight is 291 g/mol. The summed E-state index contributed by atoms with van der Waals surface area (Å²) in [6.07, 6.45) is 0. The molecule has 108 valence electrons. The van der Waals surface area contributed by atoms with Gasteiger partial charge in [0.1, 0.15) is 0 Å². The Morgan fingerprint density at radius 3 is 2.60 bits per heavy atom. The van der Waals surface area contributed by atoms with E-state index in [0.29, 0.717) is 5.56 Å². The van der Waals surface area contributed by atoms with Crippen molar-refractivity contribution in [3.63, 3.8) is 0 Å². The van der Waals surface area contributed by atoms with Crippen LogP contribution in [0.5, 0.6) is 0 Å². The minimum atomic E-state index is 0.0659. The number of carbonyl (C=O) groups excluding carboxylic acids is 1. The number of carbonyl (C=O) groups is 1. The fraction of sp³-hybridized carbons (Fsp3) is 0.467.